The van der Waals surface area contributed by atoms with Crippen molar-refractivity contribution < 1.29 is 29.0 Å². The summed E-state index contributed by atoms with van der Waals surface area (Å²) < 4.78 is 25.0. The van der Waals surface area contributed by atoms with E-state index in [1.807, 2.05) is 91.3 Å². The molecule has 8 rings (SSSR count). The van der Waals surface area contributed by atoms with E-state index >= 15 is 0 Å². The summed E-state index contributed by atoms with van der Waals surface area (Å²) in [6.45, 7) is 18.6. The first-order chi connectivity index (χ1) is 32.8. The lowest BCUT2D eigenvalue weighted by Crippen LogP contribution is -2.31. The van der Waals surface area contributed by atoms with Crippen LogP contribution in [0.15, 0.2) is 97.3 Å². The van der Waals surface area contributed by atoms with Gasteiger partial charge in [0.05, 0.1) is 61.5 Å². The molecule has 0 saturated heterocycles. The van der Waals surface area contributed by atoms with Crippen LogP contribution in [0.1, 0.15) is 87.5 Å². The molecule has 0 atom stereocenters. The molecule has 16 nitrogen and oxygen atoms in total. The molecule has 6 heterocycles. The number of imidazole rings is 2. The van der Waals surface area contributed by atoms with Crippen LogP contribution in [0.2, 0.25) is 5.15 Å². The maximum absolute atomic E-state index is 8.87. The van der Waals surface area contributed by atoms with Gasteiger partial charge in [-0.3, -0.25) is 0 Å². The van der Waals surface area contributed by atoms with E-state index in [0.717, 1.165) is 79.3 Å². The average Bonchev–Trinajstić information content (AvgIpc) is 3.87. The van der Waals surface area contributed by atoms with Crippen molar-refractivity contribution in [1.29, 1.82) is 0 Å². The van der Waals surface area contributed by atoms with Gasteiger partial charge in [0, 0.05) is 37.0 Å². The first-order valence-corrected chi connectivity index (χ1v) is 22.9. The molecule has 18 heteroatoms. The van der Waals surface area contributed by atoms with Crippen LogP contribution in [-0.4, -0.2) is 83.8 Å². The minimum absolute atomic E-state index is 0.269. The summed E-state index contributed by atoms with van der Waals surface area (Å²) in [6, 6.07) is 27.0. The van der Waals surface area contributed by atoms with Crippen LogP contribution in [0.5, 0.6) is 23.3 Å². The highest BCUT2D eigenvalue weighted by Crippen LogP contribution is 2.34. The molecule has 356 valence electrons. The second-order valence-corrected chi connectivity index (χ2v) is 16.5. The van der Waals surface area contributed by atoms with E-state index in [9.17, 15) is 0 Å². The lowest BCUT2D eigenvalue weighted by Gasteiger charge is -2.14. The van der Waals surface area contributed by atoms with Crippen molar-refractivity contribution in [3.63, 3.8) is 0 Å². The van der Waals surface area contributed by atoms with Crippen LogP contribution < -0.4 is 35.0 Å². The third-order valence-electron chi connectivity index (χ3n) is 10.6. The van der Waals surface area contributed by atoms with Crippen molar-refractivity contribution in [2.75, 3.05) is 38.1 Å². The van der Waals surface area contributed by atoms with Crippen molar-refractivity contribution in [3.8, 4) is 34.5 Å². The fourth-order valence-electron chi connectivity index (χ4n) is 7.27. The third-order valence-corrected chi connectivity index (χ3v) is 10.8. The summed E-state index contributed by atoms with van der Waals surface area (Å²) in [5.41, 5.74) is 10.2. The number of aromatic nitrogens is 8. The van der Waals surface area contributed by atoms with E-state index in [1.165, 1.54) is 6.20 Å². The second kappa shape index (κ2) is 23.7. The zero-order valence-corrected chi connectivity index (χ0v) is 41.0. The molecule has 68 heavy (non-hydrogen) atoms. The zero-order chi connectivity index (χ0) is 48.9. The maximum Gasteiger partial charge on any atom is 0.494 e. The molecule has 2 aromatic carbocycles. The minimum Gasteiger partial charge on any atom is -0.497 e. The van der Waals surface area contributed by atoms with E-state index in [0.29, 0.717) is 48.7 Å². The molecule has 0 bridgehead atoms. The Balaban J connectivity index is 0.000000185. The molecule has 0 aliphatic heterocycles. The highest BCUT2D eigenvalue weighted by molar-refractivity contribution is 6.59. The maximum atomic E-state index is 8.87. The van der Waals surface area contributed by atoms with Crippen molar-refractivity contribution in [2.24, 2.45) is 0 Å². The molecule has 8 aromatic rings. The van der Waals surface area contributed by atoms with Crippen LogP contribution in [0.25, 0.3) is 22.3 Å². The molecule has 0 aliphatic carbocycles. The van der Waals surface area contributed by atoms with E-state index in [-0.39, 0.29) is 11.8 Å². The van der Waals surface area contributed by atoms with Gasteiger partial charge in [0.25, 0.3) is 0 Å². The summed E-state index contributed by atoms with van der Waals surface area (Å²) in [5.74, 6) is 4.80. The number of aryl methyl sites for hydroxylation is 2. The first-order valence-electron chi connectivity index (χ1n) is 22.5. The van der Waals surface area contributed by atoms with Crippen LogP contribution in [0.3, 0.4) is 0 Å². The summed E-state index contributed by atoms with van der Waals surface area (Å²) in [5, 5.41) is 34.5. The normalized spacial score (nSPS) is 10.9. The van der Waals surface area contributed by atoms with E-state index < -0.39 is 7.12 Å². The monoisotopic (exact) mass is 942 g/mol. The van der Waals surface area contributed by atoms with Gasteiger partial charge in [-0.15, -0.1) is 0 Å². The Morgan fingerprint density at radius 1 is 0.647 bits per heavy atom. The second-order valence-electron chi connectivity index (χ2n) is 16.1. The number of hydrogen-bond donors (Lipinski definition) is 4. The third kappa shape index (κ3) is 12.3. The molecule has 6 aromatic heterocycles. The fraction of sp³-hybridized carbons (Fsp3) is 0.320. The molecule has 0 spiro atoms. The van der Waals surface area contributed by atoms with Gasteiger partial charge in [-0.2, -0.15) is 10.2 Å². The van der Waals surface area contributed by atoms with Gasteiger partial charge < -0.3 is 39.6 Å². The molecular formula is C50H60BClN10O6. The van der Waals surface area contributed by atoms with Crippen molar-refractivity contribution in [2.45, 2.75) is 80.3 Å². The number of rotatable bonds is 16. The Kier molecular flexibility index (Phi) is 17.6. The Morgan fingerprint density at radius 2 is 1.12 bits per heavy atom. The van der Waals surface area contributed by atoms with E-state index in [2.05, 4.69) is 76.6 Å². The molecule has 4 N–H and O–H groups in total. The highest BCUT2D eigenvalue weighted by Gasteiger charge is 2.21. The fourth-order valence-corrected chi connectivity index (χ4v) is 7.46. The summed E-state index contributed by atoms with van der Waals surface area (Å²) in [7, 11) is 1.81. The number of pyridine rings is 2. The molecule has 0 radical (unpaired) electrons. The number of fused-ring (bicyclic) bond motifs is 2. The number of halogens is 1. The number of benzene rings is 2. The van der Waals surface area contributed by atoms with Crippen LogP contribution in [0, 0.1) is 13.8 Å². The smallest absolute Gasteiger partial charge is 0.494 e. The SMILES string of the molecule is CCOc1ncccc1-c1cc(NCc2ccc(OC)cc2)c2c(C(C)C)nc(C)n2n1.CCOc1ncccc1B(O)O.COc1ccc(CNc2cc(Cl)nn3c(C)nc(C(C)C)c23)cc1. The Hall–Kier alpha value is -6.95. The van der Waals surface area contributed by atoms with Gasteiger partial charge in [-0.1, -0.05) is 69.6 Å². The summed E-state index contributed by atoms with van der Waals surface area (Å²) >= 11 is 6.19. The Labute approximate surface area is 402 Å². The lowest BCUT2D eigenvalue weighted by atomic mass is 9.81. The van der Waals surface area contributed by atoms with Crippen molar-refractivity contribution >= 4 is 46.6 Å². The molecule has 0 amide bonds. The largest absolute Gasteiger partial charge is 0.497 e. The molecular weight excluding hydrogens is 883 g/mol. The predicted molar refractivity (Wildman–Crippen MR) is 269 cm³/mol. The van der Waals surface area contributed by atoms with E-state index in [4.69, 9.17) is 50.7 Å². The predicted octanol–water partition coefficient (Wildman–Crippen LogP) is 8.84. The minimum atomic E-state index is -1.53. The van der Waals surface area contributed by atoms with E-state index in [1.54, 1.807) is 32.5 Å². The van der Waals surface area contributed by atoms with Gasteiger partial charge in [0.15, 0.2) is 5.15 Å². The lowest BCUT2D eigenvalue weighted by molar-refractivity contribution is 0.327. The zero-order valence-electron chi connectivity index (χ0n) is 40.3. The van der Waals surface area contributed by atoms with Gasteiger partial charge in [-0.05, 0) is 99.2 Å². The molecule has 0 aliphatic rings. The number of hydrogen-bond acceptors (Lipinski definition) is 14. The topological polar surface area (TPSA) is 188 Å². The highest BCUT2D eigenvalue weighted by atomic mass is 35.5. The van der Waals surface area contributed by atoms with Gasteiger partial charge in [-0.25, -0.2) is 29.0 Å². The molecule has 0 saturated carbocycles. The number of anilines is 2. The van der Waals surface area contributed by atoms with Gasteiger partial charge in [0.2, 0.25) is 11.8 Å². The van der Waals surface area contributed by atoms with Crippen LogP contribution >= 0.6 is 11.6 Å². The number of ether oxygens (including phenoxy) is 4. The quantitative estimate of drug-likeness (QED) is 0.0673. The number of nitrogens with one attached hydrogen (secondary N) is 2. The standard InChI is InChI=1S/C25H29N5O2.C18H21ClN4O.C7H10BNO3/c1-6-32-25-20(8-7-13-26-25)21-14-22(27-15-18-9-11-19(31-5)12-10-18)24-23(16(2)3)28-17(4)30(24)29-21;1-11(2)17-18-15(9-16(19)22-23(18)12(3)21-17)20-10-13-5-7-14(24-4)8-6-13;1-2-12-7-6(8(10)11)4-3-5-9-7/h7-14,16,27H,6,15H2,1-5H3;5-9,11,20H,10H2,1-4H3;3-5,10-11H,2H2,1H3. The van der Waals surface area contributed by atoms with Crippen molar-refractivity contribution in [3.05, 3.63) is 137 Å². The van der Waals surface area contributed by atoms with Crippen LogP contribution in [0.4, 0.5) is 11.4 Å². The Morgan fingerprint density at radius 3 is 1.60 bits per heavy atom. The number of methoxy groups -OCH3 is 2. The Bertz CT molecular complexity index is 2890. The van der Waals surface area contributed by atoms with Crippen LogP contribution in [-0.2, 0) is 13.1 Å². The summed E-state index contributed by atoms with van der Waals surface area (Å²) in [6.07, 6.45) is 3.27. The van der Waals surface area contributed by atoms with Crippen molar-refractivity contribution in [1.82, 2.24) is 39.2 Å². The van der Waals surface area contributed by atoms with Gasteiger partial charge in [0.1, 0.15) is 34.2 Å². The van der Waals surface area contributed by atoms with Gasteiger partial charge >= 0.3 is 7.12 Å². The first kappa shape index (κ1) is 50.5. The molecule has 0 fully saturated rings. The number of nitrogens with zero attached hydrogens (tertiary/aromatic N) is 8. The summed E-state index contributed by atoms with van der Waals surface area (Å²) in [4.78, 5) is 17.7. The average molecular weight is 943 g/mol. The molecule has 0 unspecified atom stereocenters.